The standard InChI is InChI=1S/C23H13BrClNO4/c24-18-7-3-2-6-17(18)22(27)29-20-8-4-1-5-15(20)13-19-23(28)30-21(26-19)14-9-11-16(25)12-10-14/h1-13H/b19-13-. The van der Waals surface area contributed by atoms with Gasteiger partial charge in [-0.05, 0) is 64.5 Å². The van der Waals surface area contributed by atoms with Crippen LogP contribution in [0.5, 0.6) is 5.75 Å². The number of halogens is 2. The molecule has 5 nitrogen and oxygen atoms in total. The predicted octanol–water partition coefficient (Wildman–Crippen LogP) is 5.67. The lowest BCUT2D eigenvalue weighted by atomic mass is 10.1. The second-order valence-electron chi connectivity index (χ2n) is 6.25. The molecule has 3 aromatic carbocycles. The van der Waals surface area contributed by atoms with Crippen molar-refractivity contribution < 1.29 is 19.1 Å². The molecular weight excluding hydrogens is 470 g/mol. The van der Waals surface area contributed by atoms with Crippen molar-refractivity contribution in [2.24, 2.45) is 4.99 Å². The van der Waals surface area contributed by atoms with Gasteiger partial charge in [-0.15, -0.1) is 0 Å². The van der Waals surface area contributed by atoms with Gasteiger partial charge in [-0.2, -0.15) is 0 Å². The van der Waals surface area contributed by atoms with Gasteiger partial charge < -0.3 is 9.47 Å². The smallest absolute Gasteiger partial charge is 0.363 e. The van der Waals surface area contributed by atoms with Crippen molar-refractivity contribution in [3.05, 3.63) is 105 Å². The highest BCUT2D eigenvalue weighted by atomic mass is 79.9. The van der Waals surface area contributed by atoms with E-state index in [4.69, 9.17) is 21.1 Å². The number of hydrogen-bond acceptors (Lipinski definition) is 5. The highest BCUT2D eigenvalue weighted by Gasteiger charge is 2.25. The summed E-state index contributed by atoms with van der Waals surface area (Å²) < 4.78 is 11.4. The number of benzene rings is 3. The van der Waals surface area contributed by atoms with Gasteiger partial charge in [0.25, 0.3) is 0 Å². The number of cyclic esters (lactones) is 1. The lowest BCUT2D eigenvalue weighted by Crippen LogP contribution is -2.10. The Morgan fingerprint density at radius 1 is 1.00 bits per heavy atom. The van der Waals surface area contributed by atoms with E-state index in [1.807, 2.05) is 0 Å². The third-order valence-electron chi connectivity index (χ3n) is 4.22. The lowest BCUT2D eigenvalue weighted by Gasteiger charge is -2.08. The minimum atomic E-state index is -0.591. The molecule has 0 aliphatic carbocycles. The normalized spacial score (nSPS) is 14.4. The fourth-order valence-corrected chi connectivity index (χ4v) is 3.32. The van der Waals surface area contributed by atoms with E-state index in [0.717, 1.165) is 0 Å². The number of aliphatic imine (C=N–C) groups is 1. The van der Waals surface area contributed by atoms with Gasteiger partial charge in [0.1, 0.15) is 5.75 Å². The van der Waals surface area contributed by atoms with Crippen LogP contribution in [0.15, 0.2) is 88.0 Å². The first kappa shape index (κ1) is 20.1. The number of nitrogens with zero attached hydrogens (tertiary/aromatic N) is 1. The van der Waals surface area contributed by atoms with Crippen LogP contribution in [0.4, 0.5) is 0 Å². The number of rotatable bonds is 4. The Morgan fingerprint density at radius 2 is 1.70 bits per heavy atom. The molecule has 1 heterocycles. The maximum absolute atomic E-state index is 12.6. The summed E-state index contributed by atoms with van der Waals surface area (Å²) in [5, 5.41) is 0.570. The van der Waals surface area contributed by atoms with Gasteiger partial charge in [-0.1, -0.05) is 41.9 Å². The summed E-state index contributed by atoms with van der Waals surface area (Å²) in [5.41, 5.74) is 1.64. The molecule has 0 spiro atoms. The van der Waals surface area contributed by atoms with Gasteiger partial charge in [-0.3, -0.25) is 0 Å². The Kier molecular flexibility index (Phi) is 5.79. The van der Waals surface area contributed by atoms with E-state index in [9.17, 15) is 9.59 Å². The van der Waals surface area contributed by atoms with Crippen LogP contribution in [0.25, 0.3) is 6.08 Å². The van der Waals surface area contributed by atoms with Crippen molar-refractivity contribution in [2.75, 3.05) is 0 Å². The van der Waals surface area contributed by atoms with Gasteiger partial charge >= 0.3 is 11.9 Å². The second-order valence-corrected chi connectivity index (χ2v) is 7.54. The fraction of sp³-hybridized carbons (Fsp3) is 0. The van der Waals surface area contributed by atoms with Crippen molar-refractivity contribution >= 4 is 51.4 Å². The van der Waals surface area contributed by atoms with Crippen molar-refractivity contribution in [1.82, 2.24) is 0 Å². The monoisotopic (exact) mass is 481 g/mol. The molecule has 0 atom stereocenters. The molecule has 30 heavy (non-hydrogen) atoms. The SMILES string of the molecule is O=C1OC(c2ccc(Cl)cc2)=N/C1=C\c1ccccc1OC(=O)c1ccccc1Br. The van der Waals surface area contributed by atoms with Crippen LogP contribution in [0, 0.1) is 0 Å². The Bertz CT molecular complexity index is 1200. The molecule has 0 saturated carbocycles. The molecule has 7 heteroatoms. The van der Waals surface area contributed by atoms with E-state index in [1.165, 1.54) is 6.08 Å². The summed E-state index contributed by atoms with van der Waals surface area (Å²) in [5.74, 6) is -0.626. The highest BCUT2D eigenvalue weighted by molar-refractivity contribution is 9.10. The van der Waals surface area contributed by atoms with Crippen LogP contribution < -0.4 is 4.74 Å². The first-order chi connectivity index (χ1) is 14.5. The zero-order chi connectivity index (χ0) is 21.1. The largest absolute Gasteiger partial charge is 0.422 e. The highest BCUT2D eigenvalue weighted by Crippen LogP contribution is 2.26. The van der Waals surface area contributed by atoms with E-state index in [1.54, 1.807) is 72.8 Å². The van der Waals surface area contributed by atoms with E-state index in [-0.39, 0.29) is 11.6 Å². The van der Waals surface area contributed by atoms with Crippen LogP contribution in [0.1, 0.15) is 21.5 Å². The first-order valence-electron chi connectivity index (χ1n) is 8.85. The predicted molar refractivity (Wildman–Crippen MR) is 118 cm³/mol. The number of ether oxygens (including phenoxy) is 2. The Hall–Kier alpha value is -3.22. The molecule has 0 N–H and O–H groups in total. The van der Waals surface area contributed by atoms with Crippen LogP contribution in [-0.2, 0) is 9.53 Å². The van der Waals surface area contributed by atoms with Gasteiger partial charge in [0.05, 0.1) is 5.56 Å². The fourth-order valence-electron chi connectivity index (χ4n) is 2.75. The molecular formula is C23H13BrClNO4. The molecule has 1 aliphatic heterocycles. The summed E-state index contributed by atoms with van der Waals surface area (Å²) in [6, 6.07) is 20.6. The van der Waals surface area contributed by atoms with Crippen LogP contribution in [0.3, 0.4) is 0 Å². The number of esters is 2. The Morgan fingerprint density at radius 3 is 2.47 bits per heavy atom. The molecule has 0 saturated heterocycles. The third kappa shape index (κ3) is 4.35. The van der Waals surface area contributed by atoms with Gasteiger partial charge in [0.15, 0.2) is 5.70 Å². The molecule has 4 rings (SSSR count). The number of carbonyl (C=O) groups is 2. The minimum absolute atomic E-state index is 0.101. The summed E-state index contributed by atoms with van der Waals surface area (Å²) >= 11 is 9.23. The van der Waals surface area contributed by atoms with E-state index < -0.39 is 11.9 Å². The summed E-state index contributed by atoms with van der Waals surface area (Å²) in [6.45, 7) is 0. The average Bonchev–Trinajstić information content (AvgIpc) is 3.10. The molecule has 0 fully saturated rings. The lowest BCUT2D eigenvalue weighted by molar-refractivity contribution is -0.129. The summed E-state index contributed by atoms with van der Waals surface area (Å²) in [6.07, 6.45) is 1.52. The average molecular weight is 483 g/mol. The van der Waals surface area contributed by atoms with Crippen LogP contribution >= 0.6 is 27.5 Å². The van der Waals surface area contributed by atoms with Gasteiger partial charge in [-0.25, -0.2) is 14.6 Å². The number of hydrogen-bond donors (Lipinski definition) is 0. The maximum atomic E-state index is 12.6. The third-order valence-corrected chi connectivity index (χ3v) is 5.16. The van der Waals surface area contributed by atoms with Crippen LogP contribution in [0.2, 0.25) is 5.02 Å². The quantitative estimate of drug-likeness (QED) is 0.273. The number of carbonyl (C=O) groups excluding carboxylic acids is 2. The molecule has 0 aromatic heterocycles. The zero-order valence-electron chi connectivity index (χ0n) is 15.3. The molecule has 1 aliphatic rings. The van der Waals surface area contributed by atoms with Gasteiger partial charge in [0, 0.05) is 20.6 Å². The molecule has 148 valence electrons. The molecule has 0 amide bonds. The van der Waals surface area contributed by atoms with Crippen molar-refractivity contribution in [2.45, 2.75) is 0 Å². The van der Waals surface area contributed by atoms with E-state index in [0.29, 0.717) is 31.9 Å². The first-order valence-corrected chi connectivity index (χ1v) is 10.0. The molecule has 0 unspecified atom stereocenters. The van der Waals surface area contributed by atoms with E-state index >= 15 is 0 Å². The minimum Gasteiger partial charge on any atom is -0.422 e. The molecule has 0 radical (unpaired) electrons. The van der Waals surface area contributed by atoms with Crippen molar-refractivity contribution in [3.63, 3.8) is 0 Å². The second kappa shape index (κ2) is 8.65. The van der Waals surface area contributed by atoms with E-state index in [2.05, 4.69) is 20.9 Å². The number of para-hydroxylation sites is 1. The van der Waals surface area contributed by atoms with Crippen LogP contribution in [-0.4, -0.2) is 17.8 Å². The summed E-state index contributed by atoms with van der Waals surface area (Å²) in [4.78, 5) is 29.1. The van der Waals surface area contributed by atoms with Crippen molar-refractivity contribution in [3.8, 4) is 5.75 Å². The zero-order valence-corrected chi connectivity index (χ0v) is 17.7. The topological polar surface area (TPSA) is 65.0 Å². The molecule has 3 aromatic rings. The van der Waals surface area contributed by atoms with Gasteiger partial charge in [0.2, 0.25) is 5.90 Å². The van der Waals surface area contributed by atoms with Crippen molar-refractivity contribution in [1.29, 1.82) is 0 Å². The molecule has 0 bridgehead atoms. The Balaban J connectivity index is 1.63. The Labute approximate surface area is 185 Å². The summed E-state index contributed by atoms with van der Waals surface area (Å²) in [7, 11) is 0. The maximum Gasteiger partial charge on any atom is 0.363 e.